The van der Waals surface area contributed by atoms with Crippen molar-refractivity contribution >= 4 is 5.91 Å². The first-order valence-electron chi connectivity index (χ1n) is 4.30. The highest BCUT2D eigenvalue weighted by Crippen LogP contribution is 2.70. The molecule has 0 saturated heterocycles. The van der Waals surface area contributed by atoms with Crippen molar-refractivity contribution in [2.75, 3.05) is 0 Å². The summed E-state index contributed by atoms with van der Waals surface area (Å²) in [6.45, 7) is 3.29. The van der Waals surface area contributed by atoms with Crippen LogP contribution in [0.5, 0.6) is 0 Å². The van der Waals surface area contributed by atoms with Crippen molar-refractivity contribution in [2.24, 2.45) is 5.41 Å². The van der Waals surface area contributed by atoms with E-state index in [2.05, 4.69) is 11.9 Å². The van der Waals surface area contributed by atoms with Gasteiger partial charge in [-0.1, -0.05) is 6.58 Å². The highest BCUT2D eigenvalue weighted by Gasteiger charge is 2.75. The molecule has 1 spiro atoms. The molecule has 2 saturated carbocycles. The van der Waals surface area contributed by atoms with E-state index >= 15 is 0 Å². The minimum atomic E-state index is -2.47. The number of halogens is 2. The van der Waals surface area contributed by atoms with Gasteiger partial charge in [0.1, 0.15) is 0 Å². The molecule has 0 aromatic rings. The summed E-state index contributed by atoms with van der Waals surface area (Å²) in [6.07, 6.45) is 2.00. The Morgan fingerprint density at radius 1 is 1.54 bits per heavy atom. The molecule has 0 bridgehead atoms. The number of rotatable bonds is 2. The van der Waals surface area contributed by atoms with Gasteiger partial charge in [0, 0.05) is 17.9 Å². The fourth-order valence-electron chi connectivity index (χ4n) is 2.07. The average Bonchev–Trinajstić information content (AvgIpc) is 2.53. The smallest absolute Gasteiger partial charge is 0.254 e. The fraction of sp³-hybridized carbons (Fsp3) is 0.667. The molecular weight excluding hydrogens is 176 g/mol. The number of alkyl halides is 2. The van der Waals surface area contributed by atoms with Crippen molar-refractivity contribution in [3.63, 3.8) is 0 Å². The topological polar surface area (TPSA) is 29.1 Å². The summed E-state index contributed by atoms with van der Waals surface area (Å²) in [5.41, 5.74) is -0.758. The SMILES string of the molecule is C=CC(=O)NC1CC2(C1)CC2(F)F. The molecule has 2 rings (SSSR count). The van der Waals surface area contributed by atoms with E-state index in [1.165, 1.54) is 0 Å². The van der Waals surface area contributed by atoms with Gasteiger partial charge in [-0.2, -0.15) is 0 Å². The van der Waals surface area contributed by atoms with Crippen molar-refractivity contribution in [2.45, 2.75) is 31.2 Å². The van der Waals surface area contributed by atoms with Crippen molar-refractivity contribution < 1.29 is 13.6 Å². The van der Waals surface area contributed by atoms with Gasteiger partial charge in [0.25, 0.3) is 5.92 Å². The molecule has 13 heavy (non-hydrogen) atoms. The molecule has 1 N–H and O–H groups in total. The molecule has 2 nitrogen and oxygen atoms in total. The lowest BCUT2D eigenvalue weighted by molar-refractivity contribution is -0.118. The third-order valence-electron chi connectivity index (χ3n) is 3.02. The summed E-state index contributed by atoms with van der Waals surface area (Å²) >= 11 is 0. The van der Waals surface area contributed by atoms with Crippen LogP contribution in [0.1, 0.15) is 19.3 Å². The summed E-state index contributed by atoms with van der Waals surface area (Å²) in [7, 11) is 0. The molecule has 0 aromatic heterocycles. The summed E-state index contributed by atoms with van der Waals surface area (Å²) in [5.74, 6) is -2.74. The molecular formula is C9H11F2NO. The second-order valence-electron chi connectivity index (χ2n) is 3.98. The van der Waals surface area contributed by atoms with E-state index in [9.17, 15) is 13.6 Å². The number of hydrogen-bond acceptors (Lipinski definition) is 1. The minimum absolute atomic E-state index is 0.000456. The van der Waals surface area contributed by atoms with Crippen LogP contribution in [-0.4, -0.2) is 17.9 Å². The molecule has 0 heterocycles. The van der Waals surface area contributed by atoms with Crippen LogP contribution in [0, 0.1) is 5.41 Å². The van der Waals surface area contributed by atoms with E-state index < -0.39 is 11.3 Å². The predicted molar refractivity (Wildman–Crippen MR) is 43.4 cm³/mol. The Labute approximate surface area is 75.0 Å². The summed E-state index contributed by atoms with van der Waals surface area (Å²) < 4.78 is 25.4. The number of carbonyl (C=O) groups is 1. The number of carbonyl (C=O) groups excluding carboxylic acids is 1. The third-order valence-corrected chi connectivity index (χ3v) is 3.02. The molecule has 2 aliphatic rings. The highest BCUT2D eigenvalue weighted by molar-refractivity contribution is 5.87. The van der Waals surface area contributed by atoms with Gasteiger partial charge in [0.2, 0.25) is 5.91 Å². The van der Waals surface area contributed by atoms with Crippen LogP contribution in [-0.2, 0) is 4.79 Å². The van der Waals surface area contributed by atoms with Crippen LogP contribution in [0.4, 0.5) is 8.78 Å². The zero-order chi connectivity index (χ0) is 9.69. The standard InChI is InChI=1S/C9H11F2NO/c1-2-7(13)12-6-3-8(4-6)5-9(8,10)11/h2,6H,1,3-5H2,(H,12,13). The molecule has 0 atom stereocenters. The first-order valence-corrected chi connectivity index (χ1v) is 4.30. The molecule has 4 heteroatoms. The number of nitrogens with one attached hydrogen (secondary N) is 1. The number of amides is 1. The van der Waals surface area contributed by atoms with Crippen LogP contribution in [0.3, 0.4) is 0 Å². The minimum Gasteiger partial charge on any atom is -0.350 e. The van der Waals surface area contributed by atoms with Gasteiger partial charge in [-0.25, -0.2) is 8.78 Å². The predicted octanol–water partition coefficient (Wildman–Crippen LogP) is 1.48. The first-order chi connectivity index (χ1) is 5.99. The Kier molecular flexibility index (Phi) is 1.54. The van der Waals surface area contributed by atoms with E-state index in [1.807, 2.05) is 0 Å². The molecule has 0 radical (unpaired) electrons. The Morgan fingerprint density at radius 3 is 2.46 bits per heavy atom. The molecule has 2 fully saturated rings. The number of hydrogen-bond donors (Lipinski definition) is 1. The van der Waals surface area contributed by atoms with E-state index in [4.69, 9.17) is 0 Å². The molecule has 0 unspecified atom stereocenters. The zero-order valence-electron chi connectivity index (χ0n) is 7.15. The van der Waals surface area contributed by atoms with Gasteiger partial charge in [-0.05, 0) is 18.9 Å². The van der Waals surface area contributed by atoms with Crippen molar-refractivity contribution in [1.29, 1.82) is 0 Å². The Bertz CT molecular complexity index is 269. The zero-order valence-corrected chi connectivity index (χ0v) is 7.15. The molecule has 2 aliphatic carbocycles. The maximum atomic E-state index is 12.7. The summed E-state index contributed by atoms with van der Waals surface area (Å²) in [5, 5.41) is 2.61. The normalized spacial score (nSPS) is 39.4. The van der Waals surface area contributed by atoms with Crippen LogP contribution in [0.15, 0.2) is 12.7 Å². The van der Waals surface area contributed by atoms with Crippen molar-refractivity contribution in [1.82, 2.24) is 5.32 Å². The monoisotopic (exact) mass is 187 g/mol. The quantitative estimate of drug-likeness (QED) is 0.652. The first kappa shape index (κ1) is 8.66. The largest absolute Gasteiger partial charge is 0.350 e. The molecule has 1 amide bonds. The van der Waals surface area contributed by atoms with Crippen LogP contribution in [0.25, 0.3) is 0 Å². The average molecular weight is 187 g/mol. The summed E-state index contributed by atoms with van der Waals surface area (Å²) in [6, 6.07) is -0.0705. The van der Waals surface area contributed by atoms with Gasteiger partial charge >= 0.3 is 0 Å². The lowest BCUT2D eigenvalue weighted by atomic mass is 9.76. The van der Waals surface area contributed by atoms with Crippen molar-refractivity contribution in [3.8, 4) is 0 Å². The van der Waals surface area contributed by atoms with E-state index in [0.29, 0.717) is 12.8 Å². The lowest BCUT2D eigenvalue weighted by Gasteiger charge is -2.36. The van der Waals surface area contributed by atoms with Crippen LogP contribution >= 0.6 is 0 Å². The van der Waals surface area contributed by atoms with E-state index in [1.54, 1.807) is 0 Å². The summed E-state index contributed by atoms with van der Waals surface area (Å²) in [4.78, 5) is 10.8. The van der Waals surface area contributed by atoms with E-state index in [-0.39, 0.29) is 18.4 Å². The maximum Gasteiger partial charge on any atom is 0.254 e. The Hall–Kier alpha value is -0.930. The molecule has 72 valence electrons. The van der Waals surface area contributed by atoms with Crippen LogP contribution < -0.4 is 5.32 Å². The second-order valence-corrected chi connectivity index (χ2v) is 3.98. The van der Waals surface area contributed by atoms with Crippen LogP contribution in [0.2, 0.25) is 0 Å². The van der Waals surface area contributed by atoms with Gasteiger partial charge in [0.15, 0.2) is 0 Å². The molecule has 0 aromatic carbocycles. The van der Waals surface area contributed by atoms with Crippen molar-refractivity contribution in [3.05, 3.63) is 12.7 Å². The van der Waals surface area contributed by atoms with Gasteiger partial charge < -0.3 is 5.32 Å². The van der Waals surface area contributed by atoms with Gasteiger partial charge in [-0.3, -0.25) is 4.79 Å². The maximum absolute atomic E-state index is 12.7. The Morgan fingerprint density at radius 2 is 2.08 bits per heavy atom. The molecule has 0 aliphatic heterocycles. The van der Waals surface area contributed by atoms with E-state index in [0.717, 1.165) is 6.08 Å². The van der Waals surface area contributed by atoms with Gasteiger partial charge in [-0.15, -0.1) is 0 Å². The highest BCUT2D eigenvalue weighted by atomic mass is 19.3. The fourth-order valence-corrected chi connectivity index (χ4v) is 2.07. The second kappa shape index (κ2) is 2.30. The third kappa shape index (κ3) is 1.16. The lowest BCUT2D eigenvalue weighted by Crippen LogP contribution is -2.46. The Balaban J connectivity index is 1.80. The van der Waals surface area contributed by atoms with Gasteiger partial charge in [0.05, 0.1) is 0 Å².